The fraction of sp³-hybridized carbons (Fsp3) is 0. The molecule has 2 N–H and O–H groups in total. The van der Waals surface area contributed by atoms with Crippen molar-refractivity contribution in [1.29, 1.82) is 0 Å². The highest BCUT2D eigenvalue weighted by Gasteiger charge is 1.89. The van der Waals surface area contributed by atoms with Crippen LogP contribution < -0.4 is 5.73 Å². The molecule has 0 saturated carbocycles. The molecule has 0 amide bonds. The van der Waals surface area contributed by atoms with Crippen LogP contribution in [0.1, 0.15) is 0 Å². The van der Waals surface area contributed by atoms with Crippen molar-refractivity contribution in [2.45, 2.75) is 0 Å². The second kappa shape index (κ2) is 5.54. The molecule has 0 radical (unpaired) electrons. The molecule has 0 fully saturated rings. The van der Waals surface area contributed by atoms with Gasteiger partial charge in [-0.05, 0) is 12.1 Å². The van der Waals surface area contributed by atoms with Gasteiger partial charge in [0.1, 0.15) is 0 Å². The average Bonchev–Trinajstić information content (AvgIpc) is 1.92. The van der Waals surface area contributed by atoms with Crippen molar-refractivity contribution in [2.75, 3.05) is 5.73 Å². The second-order valence-corrected chi connectivity index (χ2v) is 5.98. The largest absolute Gasteiger partial charge is 0.398 e. The topological polar surface area (TPSA) is 60.2 Å². The third kappa shape index (κ3) is 9.76. The van der Waals surface area contributed by atoms with Crippen LogP contribution in [0.2, 0.25) is 5.02 Å². The lowest BCUT2D eigenvalue weighted by Gasteiger charge is -1.91. The van der Waals surface area contributed by atoms with Gasteiger partial charge in [0.05, 0.1) is 10.7 Å². The molecule has 0 aromatic heterocycles. The number of nitrogen functional groups attached to an aromatic ring is 1. The van der Waals surface area contributed by atoms with Crippen molar-refractivity contribution < 1.29 is 8.42 Å². The lowest BCUT2D eigenvalue weighted by atomic mass is 10.3. The Labute approximate surface area is 90.3 Å². The van der Waals surface area contributed by atoms with E-state index in [2.05, 4.69) is 21.4 Å². The molecular weight excluding hydrogens is 256 g/mol. The van der Waals surface area contributed by atoms with Gasteiger partial charge in [-0.1, -0.05) is 23.7 Å². The Hall–Kier alpha value is -0.160. The van der Waals surface area contributed by atoms with Crippen LogP contribution in [0.4, 0.5) is 5.69 Å². The molecule has 74 valence electrons. The van der Waals surface area contributed by atoms with Crippen molar-refractivity contribution >= 4 is 46.9 Å². The van der Waals surface area contributed by atoms with Crippen molar-refractivity contribution in [1.82, 2.24) is 0 Å². The van der Waals surface area contributed by atoms with Gasteiger partial charge in [0.25, 0.3) is 0 Å². The van der Waals surface area contributed by atoms with E-state index in [0.717, 1.165) is 0 Å². The fourth-order valence-corrected chi connectivity index (χ4v) is 0.611. The number of anilines is 1. The van der Waals surface area contributed by atoms with Gasteiger partial charge in [0, 0.05) is 21.4 Å². The van der Waals surface area contributed by atoms with Crippen LogP contribution in [-0.4, -0.2) is 8.42 Å². The molecule has 0 aliphatic heterocycles. The first-order chi connectivity index (χ1) is 5.80. The third-order valence-corrected chi connectivity index (χ3v) is 1.25. The van der Waals surface area contributed by atoms with Gasteiger partial charge in [-0.15, -0.1) is 0 Å². The van der Waals surface area contributed by atoms with Crippen LogP contribution in [0.25, 0.3) is 0 Å². The van der Waals surface area contributed by atoms with Crippen molar-refractivity contribution in [2.24, 2.45) is 0 Å². The zero-order valence-electron chi connectivity index (χ0n) is 6.25. The third-order valence-electron chi connectivity index (χ3n) is 0.905. The van der Waals surface area contributed by atoms with Crippen molar-refractivity contribution in [3.63, 3.8) is 0 Å². The minimum atomic E-state index is -3.72. The molecule has 3 nitrogen and oxygen atoms in total. The SMILES string of the molecule is Nc1ccccc1Cl.O=S(=O)(Cl)Cl. The summed E-state index contributed by atoms with van der Waals surface area (Å²) in [5.41, 5.74) is 6.02. The maximum atomic E-state index is 9.16. The highest BCUT2D eigenvalue weighted by Crippen LogP contribution is 2.15. The number of para-hydroxylation sites is 1. The van der Waals surface area contributed by atoms with Gasteiger partial charge in [-0.3, -0.25) is 0 Å². The van der Waals surface area contributed by atoms with E-state index >= 15 is 0 Å². The second-order valence-electron chi connectivity index (χ2n) is 1.90. The quantitative estimate of drug-likeness (QED) is 0.577. The highest BCUT2D eigenvalue weighted by atomic mass is 36.0. The summed E-state index contributed by atoms with van der Waals surface area (Å²) in [5.74, 6) is 0. The van der Waals surface area contributed by atoms with Crippen LogP contribution >= 0.6 is 33.0 Å². The van der Waals surface area contributed by atoms with Crippen molar-refractivity contribution in [3.8, 4) is 0 Å². The van der Waals surface area contributed by atoms with Gasteiger partial charge < -0.3 is 5.73 Å². The van der Waals surface area contributed by atoms with Gasteiger partial charge in [-0.25, -0.2) is 0 Å². The van der Waals surface area contributed by atoms with E-state index in [-0.39, 0.29) is 0 Å². The Morgan fingerprint density at radius 2 is 1.54 bits per heavy atom. The molecule has 0 aliphatic carbocycles. The first-order valence-corrected chi connectivity index (χ1v) is 6.46. The van der Waals surface area contributed by atoms with E-state index < -0.39 is 8.26 Å². The van der Waals surface area contributed by atoms with Crippen LogP contribution in [0, 0.1) is 0 Å². The van der Waals surface area contributed by atoms with Gasteiger partial charge in [-0.2, -0.15) is 8.42 Å². The summed E-state index contributed by atoms with van der Waals surface area (Å²) in [6.07, 6.45) is 0. The summed E-state index contributed by atoms with van der Waals surface area (Å²) in [7, 11) is 4.81. The molecule has 0 saturated heterocycles. The van der Waals surface area contributed by atoms with Crippen LogP contribution in [0.15, 0.2) is 24.3 Å². The van der Waals surface area contributed by atoms with Crippen LogP contribution in [0.5, 0.6) is 0 Å². The van der Waals surface area contributed by atoms with E-state index in [0.29, 0.717) is 10.7 Å². The fourth-order valence-electron chi connectivity index (χ4n) is 0.475. The zero-order valence-corrected chi connectivity index (χ0v) is 9.33. The summed E-state index contributed by atoms with van der Waals surface area (Å²) in [4.78, 5) is 0. The standard InChI is InChI=1S/C6H6ClN.Cl2O2S/c7-5-3-1-2-4-6(5)8;1-5(2,3)4/h1-4H,8H2;. The number of hydrogen-bond donors (Lipinski definition) is 1. The molecule has 0 heterocycles. The summed E-state index contributed by atoms with van der Waals surface area (Å²) in [5, 5.41) is 0.618. The van der Waals surface area contributed by atoms with Crippen molar-refractivity contribution in [3.05, 3.63) is 29.3 Å². The summed E-state index contributed by atoms with van der Waals surface area (Å²) < 4.78 is 18.3. The first kappa shape index (κ1) is 12.8. The Balaban J connectivity index is 0.000000252. The summed E-state index contributed by atoms with van der Waals surface area (Å²) in [6, 6.07) is 7.22. The molecule has 0 bridgehead atoms. The number of halogens is 3. The van der Waals surface area contributed by atoms with Crippen LogP contribution in [0.3, 0.4) is 0 Å². The Morgan fingerprint density at radius 1 is 1.15 bits per heavy atom. The van der Waals surface area contributed by atoms with E-state index in [9.17, 15) is 0 Å². The molecular formula is C6H6Cl3NO2S. The van der Waals surface area contributed by atoms with E-state index in [1.807, 2.05) is 12.1 Å². The maximum absolute atomic E-state index is 9.16. The Morgan fingerprint density at radius 3 is 1.77 bits per heavy atom. The Kier molecular flexibility index (Phi) is 5.48. The summed E-state index contributed by atoms with van der Waals surface area (Å²) >= 11 is 5.58. The smallest absolute Gasteiger partial charge is 0.317 e. The highest BCUT2D eigenvalue weighted by molar-refractivity contribution is 8.31. The molecule has 7 heteroatoms. The Bertz CT molecular complexity index is 337. The molecule has 1 aromatic carbocycles. The molecule has 0 atom stereocenters. The van der Waals surface area contributed by atoms with Gasteiger partial charge in [0.2, 0.25) is 0 Å². The lowest BCUT2D eigenvalue weighted by molar-refractivity contribution is 0.621. The van der Waals surface area contributed by atoms with Gasteiger partial charge in [0.15, 0.2) is 0 Å². The van der Waals surface area contributed by atoms with E-state index in [1.54, 1.807) is 12.1 Å². The average molecular weight is 263 g/mol. The monoisotopic (exact) mass is 261 g/mol. The number of benzene rings is 1. The van der Waals surface area contributed by atoms with Crippen LogP contribution in [-0.2, 0) is 8.26 Å². The molecule has 13 heavy (non-hydrogen) atoms. The summed E-state index contributed by atoms with van der Waals surface area (Å²) in [6.45, 7) is 0. The molecule has 1 rings (SSSR count). The minimum absolute atomic E-state index is 0.618. The molecule has 0 aliphatic rings. The first-order valence-electron chi connectivity index (χ1n) is 2.95. The molecule has 0 spiro atoms. The van der Waals surface area contributed by atoms with Gasteiger partial charge >= 0.3 is 8.26 Å². The normalized spacial score (nSPS) is 10.1. The molecule has 0 unspecified atom stereocenters. The maximum Gasteiger partial charge on any atom is 0.317 e. The zero-order chi connectivity index (χ0) is 10.5. The predicted octanol–water partition coefficient (Wildman–Crippen LogP) is 2.63. The lowest BCUT2D eigenvalue weighted by Crippen LogP contribution is -1.82. The number of nitrogens with two attached hydrogens (primary N) is 1. The minimum Gasteiger partial charge on any atom is -0.398 e. The number of rotatable bonds is 0. The number of hydrogen-bond acceptors (Lipinski definition) is 3. The van der Waals surface area contributed by atoms with E-state index in [1.165, 1.54) is 0 Å². The molecule has 1 aromatic rings. The predicted molar refractivity (Wildman–Crippen MR) is 56.5 cm³/mol. The van der Waals surface area contributed by atoms with E-state index in [4.69, 9.17) is 25.8 Å².